The Hall–Kier alpha value is -9.68. The maximum atomic E-state index is 14.1. The Morgan fingerprint density at radius 1 is 0.557 bits per heavy atom. The molecule has 0 fully saturated rings. The van der Waals surface area contributed by atoms with Crippen molar-refractivity contribution in [1.82, 2.24) is 30.6 Å². The molecule has 0 aliphatic heterocycles. The summed E-state index contributed by atoms with van der Waals surface area (Å²) in [7, 11) is 0. The highest BCUT2D eigenvalue weighted by Crippen LogP contribution is 2.39. The number of carbonyl (C=O) groups is 2. The molecule has 11 rings (SSSR count). The number of phenolic OH excluding ortho intramolecular Hbond substituents is 2. The van der Waals surface area contributed by atoms with Gasteiger partial charge >= 0.3 is 0 Å². The highest BCUT2D eigenvalue weighted by Gasteiger charge is 2.27. The fraction of sp³-hybridized carbons (Fsp3) is 0.156. The molecule has 0 saturated heterocycles. The number of allylic oxidation sites excluding steroid dienone is 4. The van der Waals surface area contributed by atoms with Crippen LogP contribution in [0.5, 0.6) is 11.5 Å². The van der Waals surface area contributed by atoms with E-state index in [0.717, 1.165) is 73.4 Å². The molecule has 0 unspecified atom stereocenters. The highest BCUT2D eigenvalue weighted by atomic mass is 19.1. The van der Waals surface area contributed by atoms with E-state index in [4.69, 9.17) is 0 Å². The average Bonchev–Trinajstić information content (AvgIpc) is 4.25. The Kier molecular flexibility index (Phi) is 15.8. The van der Waals surface area contributed by atoms with Crippen molar-refractivity contribution in [3.63, 3.8) is 0 Å². The van der Waals surface area contributed by atoms with Crippen LogP contribution in [0.2, 0.25) is 0 Å². The Morgan fingerprint density at radius 3 is 1.52 bits per heavy atom. The first-order valence-corrected chi connectivity index (χ1v) is 25.5. The smallest absolute Gasteiger partial charge is 0.204 e. The van der Waals surface area contributed by atoms with Crippen molar-refractivity contribution in [3.8, 4) is 51.2 Å². The number of hydrogen-bond donors (Lipinski definition) is 3. The van der Waals surface area contributed by atoms with Crippen LogP contribution >= 0.6 is 0 Å². The summed E-state index contributed by atoms with van der Waals surface area (Å²) in [5.41, 5.74) is 12.1. The van der Waals surface area contributed by atoms with Crippen molar-refractivity contribution in [3.05, 3.63) is 244 Å². The van der Waals surface area contributed by atoms with Crippen LogP contribution in [0.15, 0.2) is 170 Å². The highest BCUT2D eigenvalue weighted by molar-refractivity contribution is 5.94. The van der Waals surface area contributed by atoms with Gasteiger partial charge in [0.2, 0.25) is 5.82 Å². The number of tetrazole rings is 1. The van der Waals surface area contributed by atoms with Crippen molar-refractivity contribution >= 4 is 22.7 Å². The lowest BCUT2D eigenvalue weighted by Crippen LogP contribution is -2.13. The molecular weight excluding hydrogens is 1010 g/mol. The molecule has 79 heavy (non-hydrogen) atoms. The normalized spacial score (nSPS) is 13.0. The number of benzene rings is 6. The number of H-pyrrole nitrogens is 1. The lowest BCUT2D eigenvalue weighted by atomic mass is 9.85. The lowest BCUT2D eigenvalue weighted by molar-refractivity contribution is -0.119. The first-order valence-electron chi connectivity index (χ1n) is 25.5. The summed E-state index contributed by atoms with van der Waals surface area (Å²) in [4.78, 5) is 36.3. The molecule has 0 spiro atoms. The number of halogens is 4. The van der Waals surface area contributed by atoms with E-state index in [-0.39, 0.29) is 61.6 Å². The summed E-state index contributed by atoms with van der Waals surface area (Å²) in [6.45, 7) is 0. The van der Waals surface area contributed by atoms with Gasteiger partial charge in [-0.2, -0.15) is 10.5 Å². The van der Waals surface area contributed by atoms with E-state index < -0.39 is 35.1 Å². The molecule has 0 radical (unpaired) electrons. The van der Waals surface area contributed by atoms with Crippen molar-refractivity contribution in [1.29, 1.82) is 5.26 Å². The molecule has 9 aromatic rings. The number of aromatic hydroxyl groups is 2. The van der Waals surface area contributed by atoms with E-state index >= 15 is 0 Å². The van der Waals surface area contributed by atoms with Gasteiger partial charge in [0.1, 0.15) is 46.3 Å². The number of Topliss-reactive ketones (excluding diaryl/α,β-unsaturated/α-hetero) is 2. The third-order valence-electron chi connectivity index (χ3n) is 14.1. The molecule has 0 bridgehead atoms. The van der Waals surface area contributed by atoms with E-state index in [1.807, 2.05) is 72.8 Å². The van der Waals surface area contributed by atoms with Crippen molar-refractivity contribution in [2.75, 3.05) is 0 Å². The number of carbonyl (C=O) groups excluding carboxylic acids is 2. The largest absolute Gasteiger partial charge is 0.508 e. The maximum Gasteiger partial charge on any atom is 0.204 e. The van der Waals surface area contributed by atoms with Gasteiger partial charge in [-0.3, -0.25) is 19.6 Å². The van der Waals surface area contributed by atoms with Crippen LogP contribution in [0, 0.1) is 34.6 Å². The number of aromatic nitrogens is 6. The summed E-state index contributed by atoms with van der Waals surface area (Å²) >= 11 is 0. The van der Waals surface area contributed by atoms with Crippen molar-refractivity contribution in [2.24, 2.45) is 0 Å². The predicted octanol–water partition coefficient (Wildman–Crippen LogP) is 13.1. The zero-order valence-electron chi connectivity index (χ0n) is 42.4. The third kappa shape index (κ3) is 12.8. The van der Waals surface area contributed by atoms with Crippen molar-refractivity contribution < 1.29 is 37.4 Å². The number of nitrogens with zero attached hydrogens (tertiary/aromatic N) is 6. The number of ketones is 2. The monoisotopic (exact) mass is 1060 g/mol. The summed E-state index contributed by atoms with van der Waals surface area (Å²) in [5, 5.41) is 43.5. The minimum absolute atomic E-state index is 0.0357. The Morgan fingerprint density at radius 2 is 1.04 bits per heavy atom. The van der Waals surface area contributed by atoms with Crippen LogP contribution in [0.4, 0.5) is 17.6 Å². The number of nitrogens with one attached hydrogen (secondary N) is 1. The number of nitriles is 1. The molecule has 6 aromatic carbocycles. The van der Waals surface area contributed by atoms with Gasteiger partial charge in [0.15, 0.2) is 0 Å². The second-order valence-corrected chi connectivity index (χ2v) is 19.6. The quantitative estimate of drug-likeness (QED) is 0.0743. The molecule has 0 saturated carbocycles. The minimum Gasteiger partial charge on any atom is -0.508 e. The summed E-state index contributed by atoms with van der Waals surface area (Å²) in [6.07, 6.45) is 9.69. The zero-order chi connectivity index (χ0) is 55.0. The van der Waals surface area contributed by atoms with Gasteiger partial charge in [-0.25, -0.2) is 17.6 Å². The summed E-state index contributed by atoms with van der Waals surface area (Å²) in [6, 6.07) is 41.4. The van der Waals surface area contributed by atoms with Gasteiger partial charge in [-0.05, 0) is 165 Å². The van der Waals surface area contributed by atoms with E-state index in [0.29, 0.717) is 46.7 Å². The number of aromatic amines is 1. The van der Waals surface area contributed by atoms with E-state index in [2.05, 4.69) is 36.7 Å². The fourth-order valence-electron chi connectivity index (χ4n) is 10.6. The Balaban J connectivity index is 0.000000179. The SMILES string of the molecule is N#Cc1cccc(-c2cccnc2[C@@H](CC(=O)CC2=CCc3ccc(O)cc32)Cc2cc(F)cc(F)c2)c1.O=C(CC1=CCc2ccc(O)cc21)C[C@@H](Cc1cc(F)cc(F)c1)c1ncccc1-c1cccc(-c2nn[nH]n2)c1. The maximum absolute atomic E-state index is 14.1. The van der Waals surface area contributed by atoms with Crippen LogP contribution < -0.4 is 0 Å². The number of fused-ring (bicyclic) bond motifs is 2. The molecule has 11 nitrogen and oxygen atoms in total. The first kappa shape index (κ1) is 52.7. The minimum atomic E-state index is -0.680. The van der Waals surface area contributed by atoms with E-state index in [9.17, 15) is 42.6 Å². The van der Waals surface area contributed by atoms with Gasteiger partial charge in [-0.15, -0.1) is 10.2 Å². The van der Waals surface area contributed by atoms with Gasteiger partial charge in [0.05, 0.1) is 23.0 Å². The molecule has 392 valence electrons. The molecule has 3 N–H and O–H groups in total. The van der Waals surface area contributed by atoms with Crippen LogP contribution in [-0.4, -0.2) is 52.4 Å². The molecule has 2 atom stereocenters. The van der Waals surface area contributed by atoms with Crippen molar-refractivity contribution in [2.45, 2.75) is 63.2 Å². The molecular formula is C64H49F4N7O4. The van der Waals surface area contributed by atoms with Crippen LogP contribution in [0.1, 0.15) is 87.9 Å². The lowest BCUT2D eigenvalue weighted by Gasteiger charge is -2.20. The van der Waals surface area contributed by atoms with Gasteiger partial charge in [0, 0.05) is 78.7 Å². The molecule has 3 heterocycles. The topological polar surface area (TPSA) is 179 Å². The fourth-order valence-corrected chi connectivity index (χ4v) is 10.6. The van der Waals surface area contributed by atoms with Crippen LogP contribution in [0.25, 0.3) is 44.8 Å². The second kappa shape index (κ2) is 23.7. The molecule has 15 heteroatoms. The molecule has 0 amide bonds. The second-order valence-electron chi connectivity index (χ2n) is 19.6. The van der Waals surface area contributed by atoms with Crippen LogP contribution in [-0.2, 0) is 35.3 Å². The molecule has 3 aromatic heterocycles. The number of hydrogen-bond acceptors (Lipinski definition) is 10. The van der Waals surface area contributed by atoms with E-state index in [1.54, 1.807) is 60.9 Å². The summed E-state index contributed by atoms with van der Waals surface area (Å²) in [5.74, 6) is -2.97. The third-order valence-corrected chi connectivity index (χ3v) is 14.1. The first-order chi connectivity index (χ1) is 38.3. The average molecular weight is 1060 g/mol. The van der Waals surface area contributed by atoms with Gasteiger partial charge in [-0.1, -0.05) is 66.7 Å². The van der Waals surface area contributed by atoms with Crippen LogP contribution in [0.3, 0.4) is 0 Å². The summed E-state index contributed by atoms with van der Waals surface area (Å²) < 4.78 is 56.3. The standard InChI is InChI=1S/C32H25F2N5O2.C32H24F2N2O2/c33-25-12-19(13-26(34)17-25)11-24(16-28(41)15-22-7-6-20-8-9-27(40)18-30(20)22)31-29(5-2-10-35-31)21-3-1-4-23(14-21)32-36-38-39-37-32;33-26-13-21(14-27(34)17-26)12-25(16-29(38)15-24-7-6-22-8-9-28(37)18-31(22)24)32-30(5-2-10-36-32)23-4-1-3-20(11-23)19-35/h1-5,7-10,12-14,17-18,24,40H,6,11,15-16H2,(H,36,37,38,39);1-5,7-11,13-14,17-18,25,37H,6,12,15-16H2/t24-;25-/m11/s1. The number of phenols is 2. The number of rotatable bonds is 17. The Bertz CT molecular complexity index is 3830. The Labute approximate surface area is 452 Å². The van der Waals surface area contributed by atoms with Gasteiger partial charge in [0.25, 0.3) is 0 Å². The zero-order valence-corrected chi connectivity index (χ0v) is 42.4. The van der Waals surface area contributed by atoms with Gasteiger partial charge < -0.3 is 10.2 Å². The molecule has 2 aliphatic carbocycles. The molecule has 2 aliphatic rings. The number of pyridine rings is 2. The van der Waals surface area contributed by atoms with E-state index in [1.165, 1.54) is 24.3 Å². The predicted molar refractivity (Wildman–Crippen MR) is 291 cm³/mol.